The van der Waals surface area contributed by atoms with Crippen molar-refractivity contribution >= 4 is 23.0 Å². The molecule has 0 unspecified atom stereocenters. The number of rotatable bonds is 5. The van der Waals surface area contributed by atoms with E-state index in [2.05, 4.69) is 27.0 Å². The maximum atomic E-state index is 15.1. The molecule has 0 N–H and O–H groups in total. The Hall–Kier alpha value is -3.05. The lowest BCUT2D eigenvalue weighted by Gasteiger charge is -2.38. The van der Waals surface area contributed by atoms with E-state index in [1.807, 2.05) is 0 Å². The fourth-order valence-corrected chi connectivity index (χ4v) is 4.96. The first kappa shape index (κ1) is 22.7. The number of thiocarbonyl (C=S) groups is 1. The summed E-state index contributed by atoms with van der Waals surface area (Å²) in [4.78, 5) is 6.25. The average Bonchev–Trinajstić information content (AvgIpc) is 3.54. The lowest BCUT2D eigenvalue weighted by Crippen LogP contribution is -2.52. The van der Waals surface area contributed by atoms with E-state index < -0.39 is 18.1 Å². The molecule has 2 saturated heterocycles. The van der Waals surface area contributed by atoms with Gasteiger partial charge in [0.05, 0.1) is 6.54 Å². The summed E-state index contributed by atoms with van der Waals surface area (Å²) in [6, 6.07) is 10.8. The summed E-state index contributed by atoms with van der Waals surface area (Å²) in [7, 11) is 2.09. The third-order valence-electron chi connectivity index (χ3n) is 6.39. The number of likely N-dealkylation sites (tertiary alicyclic amines) is 2. The standard InChI is InChI=1S/C23H21F4N5OS/c1-30-11-18-9-17(30)12-32(18)23(34)31(16-6-4-15(24)5-7-16)10-14-3-2-13(8-19(14)25)21-28-29-22(33-21)20(26)27/h2-8,17-18,20H,9-12H2,1H3/t17-,18-/m0/s1. The third kappa shape index (κ3) is 4.25. The van der Waals surface area contributed by atoms with Crippen molar-refractivity contribution in [2.45, 2.75) is 31.5 Å². The van der Waals surface area contributed by atoms with Crippen molar-refractivity contribution in [3.63, 3.8) is 0 Å². The fraction of sp³-hybridized carbons (Fsp3) is 0.348. The zero-order chi connectivity index (χ0) is 24.0. The maximum absolute atomic E-state index is 15.1. The van der Waals surface area contributed by atoms with Gasteiger partial charge in [0, 0.05) is 42.0 Å². The smallest absolute Gasteiger partial charge is 0.314 e. The summed E-state index contributed by atoms with van der Waals surface area (Å²) in [6.07, 6.45) is -1.89. The largest absolute Gasteiger partial charge is 0.415 e. The van der Waals surface area contributed by atoms with Crippen LogP contribution < -0.4 is 4.90 Å². The van der Waals surface area contributed by atoms with Crippen LogP contribution in [0.1, 0.15) is 24.3 Å². The number of aromatic nitrogens is 2. The van der Waals surface area contributed by atoms with Crippen LogP contribution in [-0.2, 0) is 6.54 Å². The zero-order valence-corrected chi connectivity index (χ0v) is 19.0. The van der Waals surface area contributed by atoms with Crippen molar-refractivity contribution < 1.29 is 22.0 Å². The van der Waals surface area contributed by atoms with E-state index in [0.717, 1.165) is 25.6 Å². The van der Waals surface area contributed by atoms with Crippen LogP contribution in [0.15, 0.2) is 46.9 Å². The molecule has 178 valence electrons. The van der Waals surface area contributed by atoms with Crippen LogP contribution >= 0.6 is 12.2 Å². The fourth-order valence-electron chi connectivity index (χ4n) is 4.56. The molecule has 0 saturated carbocycles. The van der Waals surface area contributed by atoms with Crippen molar-refractivity contribution in [1.29, 1.82) is 0 Å². The molecule has 6 nitrogen and oxygen atoms in total. The quantitative estimate of drug-likeness (QED) is 0.381. The molecule has 2 fully saturated rings. The minimum absolute atomic E-state index is 0.104. The molecule has 2 aliphatic heterocycles. The Morgan fingerprint density at radius 3 is 2.47 bits per heavy atom. The highest BCUT2D eigenvalue weighted by molar-refractivity contribution is 7.80. The SMILES string of the molecule is CN1C[C@@H]2C[C@H]1CN2C(=S)N(Cc1ccc(-c2nnc(C(F)F)o2)cc1F)c1ccc(F)cc1. The van der Waals surface area contributed by atoms with Crippen molar-refractivity contribution in [3.05, 3.63) is 65.6 Å². The van der Waals surface area contributed by atoms with E-state index in [-0.39, 0.29) is 29.9 Å². The van der Waals surface area contributed by atoms with Crippen molar-refractivity contribution in [1.82, 2.24) is 20.0 Å². The van der Waals surface area contributed by atoms with Gasteiger partial charge in [0.15, 0.2) is 5.11 Å². The number of nitrogens with zero attached hydrogens (tertiary/aromatic N) is 5. The summed E-state index contributed by atoms with van der Waals surface area (Å²) in [5, 5.41) is 7.39. The van der Waals surface area contributed by atoms with Gasteiger partial charge in [-0.25, -0.2) is 8.78 Å². The Morgan fingerprint density at radius 2 is 1.88 bits per heavy atom. The molecule has 11 heteroatoms. The van der Waals surface area contributed by atoms with E-state index in [4.69, 9.17) is 16.6 Å². The van der Waals surface area contributed by atoms with Gasteiger partial charge in [0.1, 0.15) is 11.6 Å². The number of piperazine rings is 1. The lowest BCUT2D eigenvalue weighted by molar-refractivity contribution is 0.116. The van der Waals surface area contributed by atoms with E-state index in [0.29, 0.717) is 22.4 Å². The van der Waals surface area contributed by atoms with Crippen molar-refractivity contribution in [2.75, 3.05) is 25.0 Å². The maximum Gasteiger partial charge on any atom is 0.314 e. The number of anilines is 1. The molecule has 2 aromatic carbocycles. The molecule has 3 aromatic rings. The van der Waals surface area contributed by atoms with Crippen LogP contribution in [0.2, 0.25) is 0 Å². The lowest BCUT2D eigenvalue weighted by atomic mass is 10.1. The van der Waals surface area contributed by atoms with Gasteiger partial charge in [-0.15, -0.1) is 10.2 Å². The Morgan fingerprint density at radius 1 is 1.12 bits per heavy atom. The first-order valence-electron chi connectivity index (χ1n) is 10.7. The van der Waals surface area contributed by atoms with Gasteiger partial charge in [-0.3, -0.25) is 4.90 Å². The van der Waals surface area contributed by atoms with E-state index in [1.54, 1.807) is 17.0 Å². The monoisotopic (exact) mass is 491 g/mol. The first-order valence-corrected chi connectivity index (χ1v) is 11.1. The molecule has 3 heterocycles. The molecule has 0 radical (unpaired) electrons. The van der Waals surface area contributed by atoms with Gasteiger partial charge in [-0.05, 0) is 62.1 Å². The molecule has 0 spiro atoms. The summed E-state index contributed by atoms with van der Waals surface area (Å²) < 4.78 is 59.0. The molecule has 1 aromatic heterocycles. The first-order chi connectivity index (χ1) is 16.3. The Kier molecular flexibility index (Phi) is 5.98. The molecular weight excluding hydrogens is 470 g/mol. The molecule has 2 bridgehead atoms. The van der Waals surface area contributed by atoms with Crippen LogP contribution in [0.3, 0.4) is 0 Å². The number of fused-ring (bicyclic) bond motifs is 2. The number of halogens is 4. The molecule has 2 atom stereocenters. The highest BCUT2D eigenvalue weighted by Crippen LogP contribution is 2.32. The predicted molar refractivity (Wildman–Crippen MR) is 121 cm³/mol. The van der Waals surface area contributed by atoms with Gasteiger partial charge in [0.2, 0.25) is 5.89 Å². The normalized spacial score (nSPS) is 19.9. The van der Waals surface area contributed by atoms with Gasteiger partial charge in [0.25, 0.3) is 5.89 Å². The Labute approximate surface area is 198 Å². The van der Waals surface area contributed by atoms with Crippen LogP contribution in [0.25, 0.3) is 11.5 Å². The molecular formula is C23H21F4N5OS. The topological polar surface area (TPSA) is 48.6 Å². The van der Waals surface area contributed by atoms with Crippen LogP contribution in [0, 0.1) is 11.6 Å². The van der Waals surface area contributed by atoms with Gasteiger partial charge >= 0.3 is 6.43 Å². The minimum atomic E-state index is -2.91. The molecule has 34 heavy (non-hydrogen) atoms. The van der Waals surface area contributed by atoms with E-state index >= 15 is 4.39 Å². The van der Waals surface area contributed by atoms with E-state index in [1.165, 1.54) is 24.3 Å². The Balaban J connectivity index is 1.42. The van der Waals surface area contributed by atoms with Gasteiger partial charge < -0.3 is 14.2 Å². The highest BCUT2D eigenvalue weighted by Gasteiger charge is 2.43. The molecule has 0 amide bonds. The summed E-state index contributed by atoms with van der Waals surface area (Å²) in [5.41, 5.74) is 1.16. The van der Waals surface area contributed by atoms with Gasteiger partial charge in [-0.2, -0.15) is 8.78 Å². The minimum Gasteiger partial charge on any atom is -0.415 e. The Bertz CT molecular complexity index is 1200. The predicted octanol–water partition coefficient (Wildman–Crippen LogP) is 4.63. The van der Waals surface area contributed by atoms with Crippen LogP contribution in [-0.4, -0.2) is 57.3 Å². The van der Waals surface area contributed by atoms with E-state index in [9.17, 15) is 13.2 Å². The second-order valence-corrected chi connectivity index (χ2v) is 8.90. The number of likely N-dealkylation sites (N-methyl/N-ethyl adjacent to an activating group) is 1. The summed E-state index contributed by atoms with van der Waals surface area (Å²) in [6.45, 7) is 1.78. The zero-order valence-electron chi connectivity index (χ0n) is 18.2. The second kappa shape index (κ2) is 8.95. The van der Waals surface area contributed by atoms with Crippen molar-refractivity contribution in [3.8, 4) is 11.5 Å². The molecule has 5 rings (SSSR count). The summed E-state index contributed by atoms with van der Waals surface area (Å²) >= 11 is 5.84. The second-order valence-electron chi connectivity index (χ2n) is 8.53. The van der Waals surface area contributed by atoms with Gasteiger partial charge in [-0.1, -0.05) is 6.07 Å². The van der Waals surface area contributed by atoms with Crippen molar-refractivity contribution in [2.24, 2.45) is 0 Å². The third-order valence-corrected chi connectivity index (χ3v) is 6.84. The molecule has 0 aliphatic carbocycles. The van der Waals surface area contributed by atoms with Crippen LogP contribution in [0.4, 0.5) is 23.2 Å². The highest BCUT2D eigenvalue weighted by atomic mass is 32.1. The number of hydrogen-bond acceptors (Lipinski definition) is 5. The molecule has 2 aliphatic rings. The number of benzene rings is 2. The number of hydrogen-bond donors (Lipinski definition) is 0. The van der Waals surface area contributed by atoms with Crippen LogP contribution in [0.5, 0.6) is 0 Å². The average molecular weight is 492 g/mol. The number of alkyl halides is 2. The summed E-state index contributed by atoms with van der Waals surface area (Å²) in [5.74, 6) is -1.97.